The van der Waals surface area contributed by atoms with E-state index in [2.05, 4.69) is 5.32 Å². The second-order valence-electron chi connectivity index (χ2n) is 5.91. The van der Waals surface area contributed by atoms with Gasteiger partial charge in [-0.1, -0.05) is 49.4 Å². The number of nitrogens with one attached hydrogen (secondary N) is 1. The molecule has 1 aromatic carbocycles. The molecule has 2 unspecified atom stereocenters. The van der Waals surface area contributed by atoms with Crippen molar-refractivity contribution in [1.29, 1.82) is 0 Å². The minimum atomic E-state index is -0.807. The lowest BCUT2D eigenvalue weighted by molar-refractivity contribution is -0.143. The van der Waals surface area contributed by atoms with Crippen LogP contribution in [0.2, 0.25) is 5.02 Å². The number of carbonyl (C=O) groups excluding carboxylic acids is 1. The van der Waals surface area contributed by atoms with Crippen molar-refractivity contribution in [1.82, 2.24) is 5.32 Å². The van der Waals surface area contributed by atoms with Crippen LogP contribution in [0.1, 0.15) is 44.1 Å². The summed E-state index contributed by atoms with van der Waals surface area (Å²) in [5.74, 6) is -1.41. The van der Waals surface area contributed by atoms with Gasteiger partial charge in [0.15, 0.2) is 0 Å². The van der Waals surface area contributed by atoms with Gasteiger partial charge in [0.1, 0.15) is 0 Å². The van der Waals surface area contributed by atoms with Crippen molar-refractivity contribution >= 4 is 23.5 Å². The third-order valence-corrected chi connectivity index (χ3v) is 4.46. The van der Waals surface area contributed by atoms with Gasteiger partial charge in [-0.15, -0.1) is 0 Å². The van der Waals surface area contributed by atoms with E-state index in [1.54, 1.807) is 12.1 Å². The number of aliphatic carboxylic acids is 1. The minimum absolute atomic E-state index is 0.126. The highest BCUT2D eigenvalue weighted by Gasteiger charge is 2.29. The molecule has 1 aliphatic rings. The number of benzene rings is 1. The van der Waals surface area contributed by atoms with Gasteiger partial charge >= 0.3 is 5.97 Å². The summed E-state index contributed by atoms with van der Waals surface area (Å²) in [6.45, 7) is 0. The molecule has 0 spiro atoms. The summed E-state index contributed by atoms with van der Waals surface area (Å²) in [7, 11) is 0. The van der Waals surface area contributed by atoms with E-state index in [4.69, 9.17) is 11.6 Å². The average molecular weight is 324 g/mol. The first kappa shape index (κ1) is 16.8. The third-order valence-electron chi connectivity index (χ3n) is 4.21. The molecule has 2 N–H and O–H groups in total. The molecule has 1 fully saturated rings. The van der Waals surface area contributed by atoms with Gasteiger partial charge in [-0.2, -0.15) is 0 Å². The lowest BCUT2D eigenvalue weighted by Crippen LogP contribution is -2.44. The molecule has 1 aliphatic carbocycles. The van der Waals surface area contributed by atoms with Crippen molar-refractivity contribution in [3.05, 3.63) is 34.9 Å². The summed E-state index contributed by atoms with van der Waals surface area (Å²) in [5, 5.41) is 13.0. The van der Waals surface area contributed by atoms with E-state index < -0.39 is 11.9 Å². The summed E-state index contributed by atoms with van der Waals surface area (Å²) in [4.78, 5) is 23.6. The zero-order chi connectivity index (χ0) is 15.9. The Balaban J connectivity index is 1.97. The van der Waals surface area contributed by atoms with Gasteiger partial charge in [0, 0.05) is 11.1 Å². The maximum atomic E-state index is 12.2. The number of carbonyl (C=O) groups is 2. The highest BCUT2D eigenvalue weighted by atomic mass is 35.5. The van der Waals surface area contributed by atoms with Crippen LogP contribution in [-0.2, 0) is 16.0 Å². The summed E-state index contributed by atoms with van der Waals surface area (Å²) in [6, 6.07) is 6.86. The average Bonchev–Trinajstić information content (AvgIpc) is 2.44. The fourth-order valence-electron chi connectivity index (χ4n) is 3.00. The Hall–Kier alpha value is -1.55. The maximum Gasteiger partial charge on any atom is 0.308 e. The zero-order valence-electron chi connectivity index (χ0n) is 12.6. The predicted octanol–water partition coefficient (Wildman–Crippen LogP) is 3.42. The van der Waals surface area contributed by atoms with Crippen LogP contribution in [0.25, 0.3) is 0 Å². The number of hydrogen-bond acceptors (Lipinski definition) is 2. The Morgan fingerprint density at radius 2 is 1.73 bits per heavy atom. The Morgan fingerprint density at radius 1 is 1.09 bits per heavy atom. The topological polar surface area (TPSA) is 66.4 Å². The van der Waals surface area contributed by atoms with Crippen LogP contribution in [0.4, 0.5) is 0 Å². The van der Waals surface area contributed by atoms with Gasteiger partial charge < -0.3 is 10.4 Å². The molecule has 2 rings (SSSR count). The fraction of sp³-hybridized carbons (Fsp3) is 0.529. The molecule has 5 heteroatoms. The number of carboxylic acid groups (broad SMARTS) is 1. The van der Waals surface area contributed by atoms with E-state index in [9.17, 15) is 14.7 Å². The van der Waals surface area contributed by atoms with Gasteiger partial charge in [0.25, 0.3) is 0 Å². The zero-order valence-corrected chi connectivity index (χ0v) is 13.3. The molecule has 1 amide bonds. The second kappa shape index (κ2) is 8.18. The molecule has 2 atom stereocenters. The molecule has 22 heavy (non-hydrogen) atoms. The first-order valence-corrected chi connectivity index (χ1v) is 8.20. The van der Waals surface area contributed by atoms with E-state index in [0.717, 1.165) is 37.7 Å². The molecule has 1 aromatic rings. The maximum absolute atomic E-state index is 12.2. The molecule has 0 saturated heterocycles. The Morgan fingerprint density at radius 3 is 2.36 bits per heavy atom. The second-order valence-corrected chi connectivity index (χ2v) is 6.35. The van der Waals surface area contributed by atoms with Crippen LogP contribution in [0, 0.1) is 5.92 Å². The van der Waals surface area contributed by atoms with E-state index in [1.165, 1.54) is 0 Å². The van der Waals surface area contributed by atoms with E-state index in [0.29, 0.717) is 11.4 Å². The van der Waals surface area contributed by atoms with Crippen LogP contribution in [0.15, 0.2) is 24.3 Å². The van der Waals surface area contributed by atoms with Crippen molar-refractivity contribution in [2.45, 2.75) is 51.0 Å². The minimum Gasteiger partial charge on any atom is -0.481 e. The van der Waals surface area contributed by atoms with Crippen LogP contribution in [-0.4, -0.2) is 23.0 Å². The number of hydrogen-bond donors (Lipinski definition) is 2. The molecule has 0 bridgehead atoms. The molecule has 0 aromatic heterocycles. The number of amides is 1. The normalized spacial score (nSPS) is 22.4. The number of halogens is 1. The highest BCUT2D eigenvalue weighted by Crippen LogP contribution is 2.23. The molecular formula is C17H22ClNO3. The van der Waals surface area contributed by atoms with Crippen LogP contribution in [0.5, 0.6) is 0 Å². The molecule has 1 saturated carbocycles. The van der Waals surface area contributed by atoms with E-state index in [1.807, 2.05) is 12.1 Å². The highest BCUT2D eigenvalue weighted by molar-refractivity contribution is 6.30. The summed E-state index contributed by atoms with van der Waals surface area (Å²) in [5.41, 5.74) is 0.875. The first-order valence-electron chi connectivity index (χ1n) is 7.83. The molecule has 120 valence electrons. The number of carboxylic acids is 1. The Bertz CT molecular complexity index is 515. The predicted molar refractivity (Wildman–Crippen MR) is 85.9 cm³/mol. The monoisotopic (exact) mass is 323 g/mol. The van der Waals surface area contributed by atoms with Gasteiger partial charge in [0.05, 0.1) is 12.3 Å². The first-order chi connectivity index (χ1) is 10.6. The Kier molecular flexibility index (Phi) is 6.25. The van der Waals surface area contributed by atoms with Gasteiger partial charge in [-0.3, -0.25) is 9.59 Å². The van der Waals surface area contributed by atoms with Crippen molar-refractivity contribution < 1.29 is 14.7 Å². The van der Waals surface area contributed by atoms with Crippen molar-refractivity contribution in [3.8, 4) is 0 Å². The van der Waals surface area contributed by atoms with Crippen LogP contribution < -0.4 is 5.32 Å². The number of rotatable bonds is 4. The molecular weight excluding hydrogens is 302 g/mol. The lowest BCUT2D eigenvalue weighted by atomic mass is 9.86. The summed E-state index contributed by atoms with van der Waals surface area (Å²) < 4.78 is 0. The summed E-state index contributed by atoms with van der Waals surface area (Å²) in [6.07, 6.45) is 5.70. The fourth-order valence-corrected chi connectivity index (χ4v) is 3.12. The van der Waals surface area contributed by atoms with Gasteiger partial charge in [-0.25, -0.2) is 0 Å². The molecule has 4 nitrogen and oxygen atoms in total. The smallest absolute Gasteiger partial charge is 0.308 e. The SMILES string of the molecule is O=C(Cc1ccc(Cl)cc1)NC1CCCCCCC1C(=O)O. The molecule has 0 aliphatic heterocycles. The van der Waals surface area contributed by atoms with E-state index in [-0.39, 0.29) is 18.4 Å². The van der Waals surface area contributed by atoms with Gasteiger partial charge in [0.2, 0.25) is 5.91 Å². The van der Waals surface area contributed by atoms with Crippen LogP contribution >= 0.6 is 11.6 Å². The summed E-state index contributed by atoms with van der Waals surface area (Å²) >= 11 is 5.83. The quantitative estimate of drug-likeness (QED) is 0.892. The van der Waals surface area contributed by atoms with Gasteiger partial charge in [-0.05, 0) is 30.5 Å². The lowest BCUT2D eigenvalue weighted by Gasteiger charge is -2.27. The largest absolute Gasteiger partial charge is 0.481 e. The van der Waals surface area contributed by atoms with E-state index >= 15 is 0 Å². The molecule has 0 radical (unpaired) electrons. The standard InChI is InChI=1S/C17H22ClNO3/c18-13-9-7-12(8-10-13)11-16(20)19-15-6-4-2-1-3-5-14(15)17(21)22/h7-10,14-15H,1-6,11H2,(H,19,20)(H,21,22). The van der Waals surface area contributed by atoms with Crippen molar-refractivity contribution in [2.75, 3.05) is 0 Å². The molecule has 0 heterocycles. The third kappa shape index (κ3) is 5.02. The van der Waals surface area contributed by atoms with Crippen molar-refractivity contribution in [2.24, 2.45) is 5.92 Å². The van der Waals surface area contributed by atoms with Crippen LogP contribution in [0.3, 0.4) is 0 Å². The Labute approximate surface area is 135 Å². The van der Waals surface area contributed by atoms with Crippen molar-refractivity contribution in [3.63, 3.8) is 0 Å².